The minimum atomic E-state index is -1.45. The number of benzene rings is 2. The van der Waals surface area contributed by atoms with Gasteiger partial charge in [-0.15, -0.1) is 0 Å². The molecule has 8 nitrogen and oxygen atoms in total. The highest BCUT2D eigenvalue weighted by atomic mass is 16.6. The van der Waals surface area contributed by atoms with Gasteiger partial charge in [0.05, 0.1) is 58.6 Å². The smallest absolute Gasteiger partial charge is 0.537 e. The van der Waals surface area contributed by atoms with Crippen molar-refractivity contribution in [1.82, 2.24) is 0 Å². The summed E-state index contributed by atoms with van der Waals surface area (Å²) in [5.41, 5.74) is 2.41. The molecule has 0 unspecified atom stereocenters. The maximum atomic E-state index is 9.04. The van der Waals surface area contributed by atoms with Gasteiger partial charge in [0, 0.05) is 0 Å². The zero-order valence-corrected chi connectivity index (χ0v) is 16.8. The van der Waals surface area contributed by atoms with Crippen LogP contribution in [0.25, 0.3) is 0 Å². The molecule has 161 valence electrons. The van der Waals surface area contributed by atoms with Crippen molar-refractivity contribution in [3.05, 3.63) is 59.7 Å². The number of ether oxygens (including phenoxy) is 4. The summed E-state index contributed by atoms with van der Waals surface area (Å²) in [6.07, 6.45) is 0. The molecule has 30 heavy (non-hydrogen) atoms. The zero-order chi connectivity index (χ0) is 21.4. The van der Waals surface area contributed by atoms with Gasteiger partial charge in [-0.3, -0.25) is 0 Å². The first-order valence-electron chi connectivity index (χ1n) is 9.66. The van der Waals surface area contributed by atoms with Gasteiger partial charge in [-0.1, -0.05) is 36.4 Å². The number of rotatable bonds is 16. The van der Waals surface area contributed by atoms with Crippen LogP contribution in [-0.2, 0) is 32.2 Å². The lowest BCUT2D eigenvalue weighted by Crippen LogP contribution is -2.29. The van der Waals surface area contributed by atoms with Crippen molar-refractivity contribution in [2.45, 2.75) is 13.2 Å². The van der Waals surface area contributed by atoms with Crippen molar-refractivity contribution in [3.8, 4) is 5.75 Å². The van der Waals surface area contributed by atoms with E-state index in [1.807, 2.05) is 12.1 Å². The maximum Gasteiger partial charge on any atom is 0.569 e. The van der Waals surface area contributed by atoms with E-state index in [0.29, 0.717) is 71.8 Å². The average Bonchev–Trinajstić information content (AvgIpc) is 2.76. The molecule has 0 amide bonds. The SMILES string of the molecule is O[B]Oc1ccc(COCCOCCOCCOCc2ccc(B(O)O)cc2)cc1. The van der Waals surface area contributed by atoms with E-state index < -0.39 is 7.12 Å². The van der Waals surface area contributed by atoms with Crippen molar-refractivity contribution in [2.24, 2.45) is 0 Å². The summed E-state index contributed by atoms with van der Waals surface area (Å²) in [6, 6.07) is 14.1. The van der Waals surface area contributed by atoms with Crippen LogP contribution in [0.5, 0.6) is 5.75 Å². The fraction of sp³-hybridized carbons (Fsp3) is 0.400. The first-order valence-corrected chi connectivity index (χ1v) is 9.66. The van der Waals surface area contributed by atoms with E-state index >= 15 is 0 Å². The second kappa shape index (κ2) is 15.0. The highest BCUT2D eigenvalue weighted by Crippen LogP contribution is 2.12. The summed E-state index contributed by atoms with van der Waals surface area (Å²) in [4.78, 5) is 0. The molecule has 0 saturated carbocycles. The lowest BCUT2D eigenvalue weighted by Gasteiger charge is -2.08. The third-order valence-corrected chi connectivity index (χ3v) is 4.04. The highest BCUT2D eigenvalue weighted by Gasteiger charge is 2.09. The predicted octanol–water partition coefficient (Wildman–Crippen LogP) is 0.0383. The normalized spacial score (nSPS) is 10.8. The van der Waals surface area contributed by atoms with Crippen LogP contribution in [-0.4, -0.2) is 69.5 Å². The quantitative estimate of drug-likeness (QED) is 0.260. The van der Waals surface area contributed by atoms with E-state index in [1.54, 1.807) is 36.4 Å². The van der Waals surface area contributed by atoms with Crippen LogP contribution in [0.15, 0.2) is 48.5 Å². The van der Waals surface area contributed by atoms with E-state index in [9.17, 15) is 0 Å². The van der Waals surface area contributed by atoms with Crippen LogP contribution in [0.1, 0.15) is 11.1 Å². The van der Waals surface area contributed by atoms with Crippen molar-refractivity contribution in [2.75, 3.05) is 39.6 Å². The molecule has 0 aliphatic heterocycles. The third-order valence-electron chi connectivity index (χ3n) is 4.04. The maximum absolute atomic E-state index is 9.04. The minimum Gasteiger partial charge on any atom is -0.537 e. The second-order valence-corrected chi connectivity index (χ2v) is 6.31. The molecule has 0 aliphatic rings. The van der Waals surface area contributed by atoms with E-state index in [-0.39, 0.29) is 0 Å². The molecule has 0 atom stereocenters. The monoisotopic (exact) mass is 417 g/mol. The summed E-state index contributed by atoms with van der Waals surface area (Å²) in [7, 11) is -0.807. The Morgan fingerprint density at radius 2 is 1.07 bits per heavy atom. The van der Waals surface area contributed by atoms with Crippen LogP contribution >= 0.6 is 0 Å². The van der Waals surface area contributed by atoms with Gasteiger partial charge in [0.2, 0.25) is 0 Å². The second-order valence-electron chi connectivity index (χ2n) is 6.31. The standard InChI is InChI=1S/C20H27B2O8/c23-21-30-20-7-3-18(4-8-20)16-29-14-12-27-10-9-26-11-13-28-15-17-1-5-19(6-2-17)22(24)25/h1-8,23-25H,9-16H2. The number of hydrogen-bond acceptors (Lipinski definition) is 8. The molecular formula is C20H27B2O8. The summed E-state index contributed by atoms with van der Waals surface area (Å²) >= 11 is 0. The zero-order valence-electron chi connectivity index (χ0n) is 16.8. The van der Waals surface area contributed by atoms with E-state index in [4.69, 9.17) is 38.7 Å². The first kappa shape index (κ1) is 24.4. The number of hydrogen-bond donors (Lipinski definition) is 3. The Labute approximate surface area is 177 Å². The van der Waals surface area contributed by atoms with Gasteiger partial charge in [-0.05, 0) is 28.7 Å². The molecule has 2 aromatic rings. The van der Waals surface area contributed by atoms with Crippen molar-refractivity contribution >= 4 is 20.3 Å². The molecule has 3 N–H and O–H groups in total. The van der Waals surface area contributed by atoms with Crippen molar-refractivity contribution in [3.63, 3.8) is 0 Å². The largest absolute Gasteiger partial charge is 0.569 e. The van der Waals surface area contributed by atoms with Crippen LogP contribution < -0.4 is 10.1 Å². The Kier molecular flexibility index (Phi) is 12.2. The van der Waals surface area contributed by atoms with E-state index in [0.717, 1.165) is 11.1 Å². The average molecular weight is 417 g/mol. The molecule has 0 bridgehead atoms. The fourth-order valence-electron chi connectivity index (χ4n) is 2.45. The lowest BCUT2D eigenvalue weighted by atomic mass is 9.80. The van der Waals surface area contributed by atoms with Gasteiger partial charge in [-0.2, -0.15) is 0 Å². The van der Waals surface area contributed by atoms with Crippen LogP contribution in [0.2, 0.25) is 0 Å². The Bertz CT molecular complexity index is 682. The molecule has 0 saturated heterocycles. The Balaban J connectivity index is 1.38. The minimum absolute atomic E-state index is 0.439. The predicted molar refractivity (Wildman–Crippen MR) is 112 cm³/mol. The topological polar surface area (TPSA) is 107 Å². The highest BCUT2D eigenvalue weighted by molar-refractivity contribution is 6.58. The Morgan fingerprint density at radius 3 is 1.50 bits per heavy atom. The summed E-state index contributed by atoms with van der Waals surface area (Å²) in [5.74, 6) is 0.562. The molecule has 1 radical (unpaired) electrons. The van der Waals surface area contributed by atoms with Crippen molar-refractivity contribution in [1.29, 1.82) is 0 Å². The molecule has 0 spiro atoms. The summed E-state index contributed by atoms with van der Waals surface area (Å²) in [5, 5.41) is 26.6. The Hall–Kier alpha value is -1.91. The van der Waals surface area contributed by atoms with Crippen LogP contribution in [0, 0.1) is 0 Å². The molecule has 2 aromatic carbocycles. The third kappa shape index (κ3) is 10.2. The Morgan fingerprint density at radius 1 is 0.633 bits per heavy atom. The van der Waals surface area contributed by atoms with Crippen molar-refractivity contribution < 1.29 is 38.7 Å². The molecule has 0 heterocycles. The molecule has 0 aromatic heterocycles. The first-order chi connectivity index (χ1) is 14.7. The lowest BCUT2D eigenvalue weighted by molar-refractivity contribution is -0.00618. The van der Waals surface area contributed by atoms with Crippen LogP contribution in [0.4, 0.5) is 0 Å². The van der Waals surface area contributed by atoms with Crippen LogP contribution in [0.3, 0.4) is 0 Å². The van der Waals surface area contributed by atoms with Gasteiger partial charge in [0.1, 0.15) is 0 Å². The van der Waals surface area contributed by atoms with Gasteiger partial charge in [0.25, 0.3) is 0 Å². The van der Waals surface area contributed by atoms with Gasteiger partial charge in [-0.25, -0.2) is 0 Å². The summed E-state index contributed by atoms with van der Waals surface area (Å²) in [6.45, 7) is 3.79. The molecule has 0 aliphatic carbocycles. The van der Waals surface area contributed by atoms with E-state index in [1.165, 1.54) is 0 Å². The fourth-order valence-corrected chi connectivity index (χ4v) is 2.45. The van der Waals surface area contributed by atoms with Gasteiger partial charge in [0.15, 0.2) is 0 Å². The summed E-state index contributed by atoms with van der Waals surface area (Å²) < 4.78 is 26.8. The van der Waals surface area contributed by atoms with Gasteiger partial charge < -0.3 is 38.7 Å². The molecular weight excluding hydrogens is 390 g/mol. The molecule has 0 fully saturated rings. The van der Waals surface area contributed by atoms with Gasteiger partial charge >= 0.3 is 14.8 Å². The molecule has 10 heteroatoms. The molecule has 2 rings (SSSR count). The van der Waals surface area contributed by atoms with E-state index in [2.05, 4.69) is 0 Å².